The summed E-state index contributed by atoms with van der Waals surface area (Å²) in [4.78, 5) is 28.0. The van der Waals surface area contributed by atoms with E-state index in [-0.39, 0.29) is 11.4 Å². The van der Waals surface area contributed by atoms with Crippen molar-refractivity contribution < 1.29 is 23.1 Å². The van der Waals surface area contributed by atoms with Crippen molar-refractivity contribution in [1.82, 2.24) is 4.98 Å². The zero-order valence-electron chi connectivity index (χ0n) is 14.0. The lowest BCUT2D eigenvalue weighted by Crippen LogP contribution is -2.46. The van der Waals surface area contributed by atoms with Gasteiger partial charge in [-0.2, -0.15) is 4.39 Å². The van der Waals surface area contributed by atoms with E-state index in [1.54, 1.807) is 0 Å². The average Bonchev–Trinajstić information content (AvgIpc) is 2.57. The highest BCUT2D eigenvalue weighted by Crippen LogP contribution is 2.48. The summed E-state index contributed by atoms with van der Waals surface area (Å²) in [6.07, 6.45) is 3.04. The second-order valence-corrected chi connectivity index (χ2v) is 6.13. The first kappa shape index (κ1) is 17.8. The highest BCUT2D eigenvalue weighted by Gasteiger charge is 2.48. The molecule has 0 saturated heterocycles. The molecule has 3 N–H and O–H groups in total. The molecular weight excluding hydrogens is 344 g/mol. The van der Waals surface area contributed by atoms with Crippen molar-refractivity contribution >= 4 is 17.5 Å². The number of rotatable bonds is 5. The van der Waals surface area contributed by atoms with Gasteiger partial charge in [-0.15, -0.1) is 0 Å². The molecule has 1 saturated carbocycles. The summed E-state index contributed by atoms with van der Waals surface area (Å²) in [5.41, 5.74) is 4.80. The molecule has 1 aromatic heterocycles. The van der Waals surface area contributed by atoms with Gasteiger partial charge in [0.15, 0.2) is 11.6 Å². The minimum absolute atomic E-state index is 0.0101. The van der Waals surface area contributed by atoms with E-state index in [1.807, 2.05) is 0 Å². The number of anilines is 1. The molecule has 3 rings (SSSR count). The van der Waals surface area contributed by atoms with E-state index in [0.29, 0.717) is 24.1 Å². The molecule has 0 radical (unpaired) electrons. The number of hydrogen-bond donors (Lipinski definition) is 2. The third-order valence-electron chi connectivity index (χ3n) is 4.68. The van der Waals surface area contributed by atoms with Crippen molar-refractivity contribution in [2.75, 3.05) is 12.4 Å². The van der Waals surface area contributed by atoms with Gasteiger partial charge in [-0.25, -0.2) is 4.39 Å². The molecule has 1 aliphatic rings. The summed E-state index contributed by atoms with van der Waals surface area (Å²) in [5.74, 6) is -3.55. The lowest BCUT2D eigenvalue weighted by molar-refractivity contribution is -0.124. The number of primary amides is 1. The molecule has 8 heteroatoms. The molecule has 0 bridgehead atoms. The Bertz CT molecular complexity index is 882. The topological polar surface area (TPSA) is 94.3 Å². The number of nitrogens with two attached hydrogens (primary N) is 1. The van der Waals surface area contributed by atoms with Crippen LogP contribution in [0.2, 0.25) is 0 Å². The van der Waals surface area contributed by atoms with Gasteiger partial charge in [0.05, 0.1) is 12.5 Å². The van der Waals surface area contributed by atoms with Crippen LogP contribution in [0.25, 0.3) is 0 Å². The molecule has 0 unspecified atom stereocenters. The molecule has 2 aromatic rings. The van der Waals surface area contributed by atoms with Crippen molar-refractivity contribution in [2.45, 2.75) is 24.7 Å². The van der Waals surface area contributed by atoms with Crippen molar-refractivity contribution in [3.05, 3.63) is 53.4 Å². The number of hydrogen-bond acceptors (Lipinski definition) is 4. The summed E-state index contributed by atoms with van der Waals surface area (Å²) in [6, 6.07) is 5.23. The van der Waals surface area contributed by atoms with Crippen LogP contribution in [0, 0.1) is 11.6 Å². The lowest BCUT2D eigenvalue weighted by Gasteiger charge is -2.41. The number of ether oxygens (including phenoxy) is 1. The van der Waals surface area contributed by atoms with Crippen LogP contribution in [-0.2, 0) is 10.2 Å². The fourth-order valence-electron chi connectivity index (χ4n) is 3.15. The molecule has 26 heavy (non-hydrogen) atoms. The summed E-state index contributed by atoms with van der Waals surface area (Å²) in [7, 11) is 1.23. The smallest absolute Gasteiger partial charge is 0.267 e. The van der Waals surface area contributed by atoms with Crippen LogP contribution in [0.5, 0.6) is 5.75 Å². The third kappa shape index (κ3) is 2.87. The number of nitrogens with one attached hydrogen (secondary N) is 1. The number of methoxy groups -OCH3 is 1. The molecular formula is C18H17F2N3O3. The predicted octanol–water partition coefficient (Wildman–Crippen LogP) is 2.53. The summed E-state index contributed by atoms with van der Waals surface area (Å²) >= 11 is 0. The minimum atomic E-state index is -1.12. The second kappa shape index (κ2) is 6.70. The van der Waals surface area contributed by atoms with E-state index in [9.17, 15) is 18.4 Å². The number of aromatic nitrogens is 1. The monoisotopic (exact) mass is 361 g/mol. The molecule has 0 spiro atoms. The van der Waals surface area contributed by atoms with Crippen LogP contribution < -0.4 is 15.8 Å². The van der Waals surface area contributed by atoms with Crippen LogP contribution >= 0.6 is 0 Å². The Balaban J connectivity index is 1.96. The second-order valence-electron chi connectivity index (χ2n) is 6.13. The van der Waals surface area contributed by atoms with Crippen LogP contribution in [-0.4, -0.2) is 23.9 Å². The Morgan fingerprint density at radius 1 is 1.27 bits per heavy atom. The largest absolute Gasteiger partial charge is 0.493 e. The first-order chi connectivity index (χ1) is 12.4. The van der Waals surface area contributed by atoms with Crippen LogP contribution in [0.1, 0.15) is 35.3 Å². The number of benzene rings is 1. The standard InChI is InChI=1S/C18H17F2N3O3/c1-26-15-11(3-4-12(19)14(15)20)18(6-2-7-18)17(25)23-10-5-8-22-13(9-10)16(21)24/h3-5,8-9H,2,6-7H2,1H3,(H2,21,24)(H,22,23,25). The first-order valence-corrected chi connectivity index (χ1v) is 7.99. The maximum Gasteiger partial charge on any atom is 0.267 e. The van der Waals surface area contributed by atoms with Crippen molar-refractivity contribution in [1.29, 1.82) is 0 Å². The van der Waals surface area contributed by atoms with Crippen molar-refractivity contribution in [3.63, 3.8) is 0 Å². The van der Waals surface area contributed by atoms with Gasteiger partial charge in [0.1, 0.15) is 5.69 Å². The summed E-state index contributed by atoms with van der Waals surface area (Å²) in [6.45, 7) is 0. The maximum atomic E-state index is 14.1. The van der Waals surface area contributed by atoms with Gasteiger partial charge >= 0.3 is 0 Å². The Kier molecular flexibility index (Phi) is 4.58. The molecule has 1 aromatic carbocycles. The van der Waals surface area contributed by atoms with E-state index < -0.39 is 28.9 Å². The van der Waals surface area contributed by atoms with E-state index >= 15 is 0 Å². The normalized spacial score (nSPS) is 15.0. The quantitative estimate of drug-likeness (QED) is 0.856. The summed E-state index contributed by atoms with van der Waals surface area (Å²) < 4.78 is 32.6. The zero-order chi connectivity index (χ0) is 18.9. The molecule has 1 heterocycles. The van der Waals surface area contributed by atoms with Gasteiger partial charge in [0.2, 0.25) is 11.7 Å². The highest BCUT2D eigenvalue weighted by atomic mass is 19.2. The number of amides is 2. The molecule has 6 nitrogen and oxygen atoms in total. The van der Waals surface area contributed by atoms with E-state index in [2.05, 4.69) is 10.3 Å². The van der Waals surface area contributed by atoms with Gasteiger partial charge in [-0.1, -0.05) is 12.5 Å². The number of carbonyl (C=O) groups is 2. The van der Waals surface area contributed by atoms with Crippen molar-refractivity contribution in [3.8, 4) is 5.75 Å². The van der Waals surface area contributed by atoms with Gasteiger partial charge < -0.3 is 15.8 Å². The third-order valence-corrected chi connectivity index (χ3v) is 4.68. The maximum absolute atomic E-state index is 14.1. The Labute approximate surface area is 148 Å². The molecule has 1 fully saturated rings. The van der Waals surface area contributed by atoms with E-state index in [0.717, 1.165) is 12.5 Å². The summed E-state index contributed by atoms with van der Waals surface area (Å²) in [5, 5.41) is 2.71. The van der Waals surface area contributed by atoms with Crippen molar-refractivity contribution in [2.24, 2.45) is 5.73 Å². The number of nitrogens with zero attached hydrogens (tertiary/aromatic N) is 1. The molecule has 0 aliphatic heterocycles. The van der Waals surface area contributed by atoms with Gasteiger partial charge in [0, 0.05) is 17.4 Å². The Morgan fingerprint density at radius 3 is 2.58 bits per heavy atom. The minimum Gasteiger partial charge on any atom is -0.493 e. The van der Waals surface area contributed by atoms with Crippen LogP contribution in [0.4, 0.5) is 14.5 Å². The zero-order valence-corrected chi connectivity index (χ0v) is 14.0. The van der Waals surface area contributed by atoms with Crippen LogP contribution in [0.15, 0.2) is 30.5 Å². The number of pyridine rings is 1. The SMILES string of the molecule is COc1c(C2(C(=O)Nc3ccnc(C(N)=O)c3)CCC2)ccc(F)c1F. The highest BCUT2D eigenvalue weighted by molar-refractivity contribution is 6.01. The molecule has 2 amide bonds. The Hall–Kier alpha value is -3.03. The van der Waals surface area contributed by atoms with Gasteiger partial charge in [-0.05, 0) is 31.0 Å². The fraction of sp³-hybridized carbons (Fsp3) is 0.278. The van der Waals surface area contributed by atoms with Crippen LogP contribution in [0.3, 0.4) is 0 Å². The molecule has 0 atom stereocenters. The fourth-order valence-corrected chi connectivity index (χ4v) is 3.15. The number of halogens is 2. The first-order valence-electron chi connectivity index (χ1n) is 7.99. The predicted molar refractivity (Wildman–Crippen MR) is 89.8 cm³/mol. The average molecular weight is 361 g/mol. The number of carbonyl (C=O) groups excluding carboxylic acids is 2. The lowest BCUT2D eigenvalue weighted by atomic mass is 9.63. The molecule has 1 aliphatic carbocycles. The van der Waals surface area contributed by atoms with E-state index in [1.165, 1.54) is 31.5 Å². The Morgan fingerprint density at radius 2 is 2.00 bits per heavy atom. The van der Waals surface area contributed by atoms with Gasteiger partial charge in [-0.3, -0.25) is 14.6 Å². The van der Waals surface area contributed by atoms with Gasteiger partial charge in [0.25, 0.3) is 5.91 Å². The molecule has 136 valence electrons. The van der Waals surface area contributed by atoms with E-state index in [4.69, 9.17) is 10.5 Å².